The fourth-order valence-electron chi connectivity index (χ4n) is 2.22. The molecule has 2 aromatic heterocycles. The first-order valence-corrected chi connectivity index (χ1v) is 10.0. The number of esters is 1. The molecule has 0 N–H and O–H groups in total. The summed E-state index contributed by atoms with van der Waals surface area (Å²) in [6.45, 7) is 1.58. The maximum absolute atomic E-state index is 12.2. The van der Waals surface area contributed by atoms with Crippen LogP contribution in [0.15, 0.2) is 40.0 Å². The lowest BCUT2D eigenvalue weighted by atomic mass is 10.2. The Morgan fingerprint density at radius 1 is 1.26 bits per heavy atom. The van der Waals surface area contributed by atoms with E-state index >= 15 is 0 Å². The number of fused-ring (bicyclic) bond motifs is 1. The number of ether oxygens (including phenoxy) is 1. The van der Waals surface area contributed by atoms with E-state index in [9.17, 15) is 18.0 Å². The molecule has 9 nitrogen and oxygen atoms in total. The van der Waals surface area contributed by atoms with Crippen molar-refractivity contribution in [1.29, 1.82) is 0 Å². The number of sulfonamides is 1. The van der Waals surface area contributed by atoms with Gasteiger partial charge in [0.25, 0.3) is 5.56 Å². The molecule has 0 fully saturated rings. The first-order valence-electron chi connectivity index (χ1n) is 7.74. The van der Waals surface area contributed by atoms with Crippen LogP contribution in [0.2, 0.25) is 0 Å². The maximum atomic E-state index is 12.2. The van der Waals surface area contributed by atoms with Crippen LogP contribution >= 0.6 is 11.3 Å². The van der Waals surface area contributed by atoms with Crippen molar-refractivity contribution in [3.8, 4) is 0 Å². The second kappa shape index (κ2) is 7.18. The van der Waals surface area contributed by atoms with E-state index in [4.69, 9.17) is 4.74 Å². The lowest BCUT2D eigenvalue weighted by molar-refractivity contribution is 0.0467. The van der Waals surface area contributed by atoms with Crippen LogP contribution in [0.25, 0.3) is 4.96 Å². The lowest BCUT2D eigenvalue weighted by Crippen LogP contribution is -2.22. The molecule has 3 aromatic rings. The number of benzene rings is 1. The zero-order valence-electron chi connectivity index (χ0n) is 14.7. The summed E-state index contributed by atoms with van der Waals surface area (Å²) in [7, 11) is -0.719. The Labute approximate surface area is 158 Å². The summed E-state index contributed by atoms with van der Waals surface area (Å²) in [5, 5.41) is 4.73. The number of carbonyl (C=O) groups is 1. The van der Waals surface area contributed by atoms with Crippen molar-refractivity contribution >= 4 is 32.3 Å². The topological polar surface area (TPSA) is 111 Å². The number of hydrogen-bond acceptors (Lipinski definition) is 8. The van der Waals surface area contributed by atoms with Crippen molar-refractivity contribution in [2.75, 3.05) is 14.1 Å². The number of nitrogens with zero attached hydrogens (tertiary/aromatic N) is 4. The fourth-order valence-corrected chi connectivity index (χ4v) is 3.89. The minimum absolute atomic E-state index is 0.0738. The van der Waals surface area contributed by atoms with E-state index < -0.39 is 16.0 Å². The Bertz CT molecular complexity index is 1160. The molecule has 0 bridgehead atoms. The van der Waals surface area contributed by atoms with Crippen LogP contribution in [0, 0.1) is 6.92 Å². The van der Waals surface area contributed by atoms with Gasteiger partial charge in [0.2, 0.25) is 15.0 Å². The predicted molar refractivity (Wildman–Crippen MR) is 98.3 cm³/mol. The summed E-state index contributed by atoms with van der Waals surface area (Å²) >= 11 is 1.26. The molecule has 0 atom stereocenters. The highest BCUT2D eigenvalue weighted by Crippen LogP contribution is 2.15. The molecule has 1 aromatic carbocycles. The smallest absolute Gasteiger partial charge is 0.338 e. The first kappa shape index (κ1) is 19.1. The van der Waals surface area contributed by atoms with Gasteiger partial charge in [-0.2, -0.15) is 9.61 Å². The van der Waals surface area contributed by atoms with E-state index in [1.807, 2.05) is 0 Å². The Morgan fingerprint density at radius 2 is 1.93 bits per heavy atom. The third-order valence-corrected chi connectivity index (χ3v) is 6.27. The second-order valence-corrected chi connectivity index (χ2v) is 9.10. The van der Waals surface area contributed by atoms with E-state index in [1.54, 1.807) is 6.92 Å². The van der Waals surface area contributed by atoms with Gasteiger partial charge in [-0.05, 0) is 31.2 Å². The average Bonchev–Trinajstić information content (AvgIpc) is 3.00. The van der Waals surface area contributed by atoms with E-state index in [2.05, 4.69) is 10.1 Å². The zero-order valence-corrected chi connectivity index (χ0v) is 16.4. The summed E-state index contributed by atoms with van der Waals surface area (Å²) in [5.41, 5.74) is 0.150. The standard InChI is InChI=1S/C16H16N4O5S2/c1-10-18-20-14(21)8-12(17-16(20)26-10)9-25-15(22)11-4-6-13(7-5-11)27(23,24)19(2)3/h4-8H,9H2,1-3H3. The van der Waals surface area contributed by atoms with Crippen molar-refractivity contribution < 1.29 is 17.9 Å². The molecule has 0 saturated carbocycles. The van der Waals surface area contributed by atoms with Gasteiger partial charge in [-0.15, -0.1) is 0 Å². The van der Waals surface area contributed by atoms with Gasteiger partial charge in [0.1, 0.15) is 11.6 Å². The average molecular weight is 408 g/mol. The molecule has 11 heteroatoms. The molecule has 0 aliphatic heterocycles. The molecular formula is C16H16N4O5S2. The summed E-state index contributed by atoms with van der Waals surface area (Å²) < 4.78 is 31.5. The Kier molecular flexibility index (Phi) is 5.09. The molecule has 0 unspecified atom stereocenters. The molecule has 0 aliphatic rings. The Morgan fingerprint density at radius 3 is 2.56 bits per heavy atom. The van der Waals surface area contributed by atoms with Gasteiger partial charge in [0, 0.05) is 20.2 Å². The van der Waals surface area contributed by atoms with Crippen LogP contribution in [0.4, 0.5) is 0 Å². The fraction of sp³-hybridized carbons (Fsp3) is 0.250. The predicted octanol–water partition coefficient (Wildman–Crippen LogP) is 1.07. The van der Waals surface area contributed by atoms with Crippen molar-refractivity contribution in [1.82, 2.24) is 18.9 Å². The summed E-state index contributed by atoms with van der Waals surface area (Å²) in [4.78, 5) is 28.9. The number of carbonyl (C=O) groups excluding carboxylic acids is 1. The van der Waals surface area contributed by atoms with Crippen LogP contribution in [-0.2, 0) is 21.4 Å². The van der Waals surface area contributed by atoms with Gasteiger partial charge in [-0.3, -0.25) is 4.79 Å². The molecule has 3 rings (SSSR count). The Balaban J connectivity index is 1.74. The largest absolute Gasteiger partial charge is 0.456 e. The highest BCUT2D eigenvalue weighted by molar-refractivity contribution is 7.89. The van der Waals surface area contributed by atoms with Crippen LogP contribution in [0.5, 0.6) is 0 Å². The van der Waals surface area contributed by atoms with Gasteiger partial charge >= 0.3 is 5.97 Å². The van der Waals surface area contributed by atoms with Crippen molar-refractivity contribution in [2.45, 2.75) is 18.4 Å². The van der Waals surface area contributed by atoms with Crippen LogP contribution < -0.4 is 5.56 Å². The zero-order chi connectivity index (χ0) is 19.8. The minimum atomic E-state index is -3.57. The third kappa shape index (κ3) is 3.89. The van der Waals surface area contributed by atoms with Gasteiger partial charge in [-0.25, -0.2) is 22.5 Å². The summed E-state index contributed by atoms with van der Waals surface area (Å²) in [6, 6.07) is 6.67. The van der Waals surface area contributed by atoms with Crippen molar-refractivity contribution in [2.24, 2.45) is 0 Å². The molecule has 27 heavy (non-hydrogen) atoms. The van der Waals surface area contributed by atoms with Gasteiger partial charge in [-0.1, -0.05) is 11.3 Å². The molecule has 0 radical (unpaired) electrons. The molecular weight excluding hydrogens is 392 g/mol. The quantitative estimate of drug-likeness (QED) is 0.581. The number of aromatic nitrogens is 3. The SMILES string of the molecule is Cc1nn2c(=O)cc(COC(=O)c3ccc(S(=O)(=O)N(C)C)cc3)nc2s1. The monoisotopic (exact) mass is 408 g/mol. The van der Waals surface area contributed by atoms with Gasteiger partial charge < -0.3 is 4.74 Å². The Hall–Kier alpha value is -2.63. The first-order chi connectivity index (χ1) is 12.7. The third-order valence-electron chi connectivity index (χ3n) is 3.62. The highest BCUT2D eigenvalue weighted by Gasteiger charge is 2.18. The van der Waals surface area contributed by atoms with Crippen molar-refractivity contribution in [3.05, 3.63) is 57.0 Å². The maximum Gasteiger partial charge on any atom is 0.338 e. The van der Waals surface area contributed by atoms with Crippen LogP contribution in [0.3, 0.4) is 0 Å². The van der Waals surface area contributed by atoms with E-state index in [-0.39, 0.29) is 22.6 Å². The number of rotatable bonds is 5. The van der Waals surface area contributed by atoms with E-state index in [1.165, 1.54) is 60.3 Å². The van der Waals surface area contributed by atoms with E-state index in [0.29, 0.717) is 15.7 Å². The van der Waals surface area contributed by atoms with Gasteiger partial charge in [0.15, 0.2) is 0 Å². The molecule has 0 spiro atoms. The molecule has 0 aliphatic carbocycles. The van der Waals surface area contributed by atoms with Crippen LogP contribution in [-0.4, -0.2) is 47.4 Å². The normalized spacial score (nSPS) is 11.9. The second-order valence-electron chi connectivity index (χ2n) is 5.79. The number of hydrogen-bond donors (Lipinski definition) is 0. The molecule has 0 amide bonds. The van der Waals surface area contributed by atoms with Crippen LogP contribution in [0.1, 0.15) is 21.1 Å². The van der Waals surface area contributed by atoms with Crippen molar-refractivity contribution in [3.63, 3.8) is 0 Å². The lowest BCUT2D eigenvalue weighted by Gasteiger charge is -2.11. The summed E-state index contributed by atoms with van der Waals surface area (Å²) in [6.07, 6.45) is 0. The number of aryl methyl sites for hydroxylation is 1. The minimum Gasteiger partial charge on any atom is -0.456 e. The highest BCUT2D eigenvalue weighted by atomic mass is 32.2. The summed E-state index contributed by atoms with van der Waals surface area (Å²) in [5.74, 6) is -0.647. The molecule has 2 heterocycles. The van der Waals surface area contributed by atoms with Gasteiger partial charge in [0.05, 0.1) is 16.2 Å². The van der Waals surface area contributed by atoms with E-state index in [0.717, 1.165) is 4.31 Å². The molecule has 142 valence electrons. The molecule has 0 saturated heterocycles.